The first-order valence-electron chi connectivity index (χ1n) is 0.565. The van der Waals surface area contributed by atoms with Gasteiger partial charge in [0, 0.05) is 21.7 Å². The van der Waals surface area contributed by atoms with E-state index in [2.05, 4.69) is 0 Å². The van der Waals surface area contributed by atoms with Crippen molar-refractivity contribution in [2.75, 3.05) is 0 Å². The average Bonchev–Trinajstić information content (AvgIpc) is 0.811. The standard InChI is InChI=1S/Li.H2O.2O.Ti.V.H/h;1H2;;;;;/q;;;;;+1;/p-1. The fourth-order valence-electron chi connectivity index (χ4n) is 0. The Kier molecular flexibility index (Phi) is 25.2. The first-order chi connectivity index (χ1) is 1.73. The fourth-order valence-corrected chi connectivity index (χ4v) is 0. The molecule has 0 saturated heterocycles. The Morgan fingerprint density at radius 3 is 1.33 bits per heavy atom. The summed E-state index contributed by atoms with van der Waals surface area (Å²) in [7, 11) is 0. The molecule has 0 rings (SSSR count). The van der Waals surface area contributed by atoms with Crippen LogP contribution >= 0.6 is 0 Å². The summed E-state index contributed by atoms with van der Waals surface area (Å²) in [5, 5.41) is 0. The molecule has 6 heavy (non-hydrogen) atoms. The fraction of sp³-hybridized carbons (Fsp3) is 0. The van der Waals surface area contributed by atoms with Gasteiger partial charge in [-0.3, -0.25) is 0 Å². The van der Waals surface area contributed by atoms with Crippen LogP contribution in [0.4, 0.5) is 0 Å². The molecule has 0 aromatic heterocycles. The van der Waals surface area contributed by atoms with Gasteiger partial charge < -0.3 is 0 Å². The third kappa shape index (κ3) is 51.1. The largest absolute Gasteiger partial charge is 0 e. The monoisotopic (exact) mass is 156 g/mol. The molecule has 6 heteroatoms. The number of rotatable bonds is 0. The van der Waals surface area contributed by atoms with Crippen LogP contribution in [-0.4, -0.2) is 22.9 Å². The van der Waals surface area contributed by atoms with Crippen molar-refractivity contribution in [2.45, 2.75) is 0 Å². The minimum atomic E-state index is -3.69. The van der Waals surface area contributed by atoms with Crippen LogP contribution < -0.4 is 0 Å². The van der Waals surface area contributed by atoms with E-state index in [1.165, 1.54) is 0 Å². The Morgan fingerprint density at radius 2 is 1.33 bits per heavy atom. The first kappa shape index (κ1) is 15.7. The minimum Gasteiger partial charge on any atom is 0 e. The zero-order valence-electron chi connectivity index (χ0n) is 2.21. The summed E-state index contributed by atoms with van der Waals surface area (Å²) in [5.74, 6) is 0. The minimum absolute atomic E-state index is 0. The zero-order valence-corrected chi connectivity index (χ0v) is 5.17. The van der Waals surface area contributed by atoms with Crippen LogP contribution in [0, 0.1) is 0 Å². The van der Waals surface area contributed by atoms with E-state index in [9.17, 15) is 0 Å². The Balaban J connectivity index is -0.0000000450. The van der Waals surface area contributed by atoms with Gasteiger partial charge in [0.15, 0.2) is 0 Å². The van der Waals surface area contributed by atoms with Gasteiger partial charge in [0.05, 0.1) is 0 Å². The molecule has 0 spiro atoms. The van der Waals surface area contributed by atoms with Crippen molar-refractivity contribution < 1.29 is 48.5 Å². The maximum absolute atomic E-state index is 8.67. The summed E-state index contributed by atoms with van der Waals surface area (Å²) in [6.45, 7) is 0. The van der Waals surface area contributed by atoms with Crippen LogP contribution in [0.25, 0.3) is 0 Å². The molecule has 0 amide bonds. The van der Waals surface area contributed by atoms with Crippen molar-refractivity contribution >= 4 is 18.9 Å². The van der Waals surface area contributed by atoms with Crippen LogP contribution in [0.2, 0.25) is 0 Å². The molecule has 0 aliphatic heterocycles. The molecule has 0 aromatic rings. The van der Waals surface area contributed by atoms with Crippen LogP contribution in [0.15, 0.2) is 0 Å². The van der Waals surface area contributed by atoms with Crippen LogP contribution in [0.5, 0.6) is 0 Å². The van der Waals surface area contributed by atoms with Gasteiger partial charge in [0.1, 0.15) is 0 Å². The van der Waals surface area contributed by atoms with E-state index in [1.54, 1.807) is 0 Å². The predicted molar refractivity (Wildman–Crippen MR) is 10.7 cm³/mol. The first-order valence-corrected chi connectivity index (χ1v) is 2.33. The van der Waals surface area contributed by atoms with Crippen molar-refractivity contribution in [1.82, 2.24) is 0 Å². The molecule has 1 N–H and O–H groups in total. The van der Waals surface area contributed by atoms with Gasteiger partial charge in [-0.2, -0.15) is 0 Å². The molecule has 3 nitrogen and oxygen atoms in total. The van der Waals surface area contributed by atoms with Gasteiger partial charge in [-0.25, -0.2) is 0 Å². The molecule has 30 valence electrons. The van der Waals surface area contributed by atoms with Crippen molar-refractivity contribution in [1.29, 1.82) is 0 Å². The van der Waals surface area contributed by atoms with Gasteiger partial charge in [-0.15, -0.1) is 0 Å². The Labute approximate surface area is 66.9 Å². The maximum atomic E-state index is 8.67. The van der Waals surface area contributed by atoms with E-state index < -0.39 is 15.4 Å². The Hall–Kier alpha value is 1.46. The molecule has 0 bridgehead atoms. The average molecular weight is 156 g/mol. The van der Waals surface area contributed by atoms with Crippen LogP contribution in [0.1, 0.15) is 0 Å². The topological polar surface area (TPSA) is 54.4 Å². The van der Waals surface area contributed by atoms with Crippen molar-refractivity contribution in [2.24, 2.45) is 0 Å². The molecular weight excluding hydrogens is 154 g/mol. The Morgan fingerprint density at radius 1 is 1.33 bits per heavy atom. The van der Waals surface area contributed by atoms with E-state index in [0.29, 0.717) is 0 Å². The SMILES string of the molecule is [LiH].[O]=[V](=[O])[OH].[Ti]. The van der Waals surface area contributed by atoms with Crippen LogP contribution in [0.3, 0.4) is 0 Å². The van der Waals surface area contributed by atoms with Crippen molar-refractivity contribution in [3.8, 4) is 0 Å². The zero-order chi connectivity index (χ0) is 3.58. The molecule has 0 saturated carbocycles. The second-order valence-corrected chi connectivity index (χ2v) is 0.981. The molecule has 0 unspecified atom stereocenters. The number of hydrogen-bond donors (Lipinski definition) is 1. The van der Waals surface area contributed by atoms with Gasteiger partial charge >= 0.3 is 45.6 Å². The summed E-state index contributed by atoms with van der Waals surface area (Å²) in [5.41, 5.74) is 0. The van der Waals surface area contributed by atoms with E-state index in [-0.39, 0.29) is 40.6 Å². The van der Waals surface area contributed by atoms with E-state index in [1.807, 2.05) is 0 Å². The molecule has 0 heterocycles. The molecular formula is H2LiO3TiV. The smallest absolute Gasteiger partial charge is 0 e. The van der Waals surface area contributed by atoms with Gasteiger partial charge in [0.2, 0.25) is 0 Å². The summed E-state index contributed by atoms with van der Waals surface area (Å²) in [6, 6.07) is 0. The molecule has 0 radical (unpaired) electrons. The van der Waals surface area contributed by atoms with E-state index >= 15 is 0 Å². The van der Waals surface area contributed by atoms with Crippen LogP contribution in [-0.2, 0) is 44.5 Å². The molecule has 0 aromatic carbocycles. The van der Waals surface area contributed by atoms with Gasteiger partial charge in [-0.05, 0) is 0 Å². The van der Waals surface area contributed by atoms with Gasteiger partial charge in [-0.1, -0.05) is 0 Å². The molecule has 0 fully saturated rings. The molecule has 0 aliphatic carbocycles. The third-order valence-electron chi connectivity index (χ3n) is 0. The summed E-state index contributed by atoms with van der Waals surface area (Å²) in [6.07, 6.45) is 0. The summed E-state index contributed by atoms with van der Waals surface area (Å²) < 4.78 is 24.4. The van der Waals surface area contributed by atoms with E-state index in [0.717, 1.165) is 0 Å². The normalized spacial score (nSPS) is 4.17. The maximum Gasteiger partial charge on any atom is 0 e. The van der Waals surface area contributed by atoms with E-state index in [4.69, 9.17) is 11.4 Å². The third-order valence-corrected chi connectivity index (χ3v) is 0. The van der Waals surface area contributed by atoms with Crippen molar-refractivity contribution in [3.63, 3.8) is 0 Å². The predicted octanol–water partition coefficient (Wildman–Crippen LogP) is -1.45. The summed E-state index contributed by atoms with van der Waals surface area (Å²) >= 11 is -3.69. The Bertz CT molecular complexity index is 59.2. The van der Waals surface area contributed by atoms with Gasteiger partial charge in [0.25, 0.3) is 0 Å². The second kappa shape index (κ2) is 9.68. The second-order valence-electron chi connectivity index (χ2n) is 0.238. The van der Waals surface area contributed by atoms with Crippen molar-refractivity contribution in [3.05, 3.63) is 0 Å². The molecule has 0 aliphatic rings. The summed E-state index contributed by atoms with van der Waals surface area (Å²) in [4.78, 5) is 0. The number of hydrogen-bond acceptors (Lipinski definition) is 2. The molecule has 0 atom stereocenters. The quantitative estimate of drug-likeness (QED) is 0.436.